The van der Waals surface area contributed by atoms with Crippen LogP contribution in [0.4, 0.5) is 0 Å². The second kappa shape index (κ2) is 14.3. The van der Waals surface area contributed by atoms with Crippen LogP contribution in [0.5, 0.6) is 0 Å². The van der Waals surface area contributed by atoms with Crippen molar-refractivity contribution in [2.45, 2.75) is 0 Å². The van der Waals surface area contributed by atoms with Crippen LogP contribution < -0.4 is 0 Å². The lowest BCUT2D eigenvalue weighted by Crippen LogP contribution is -1.94. The van der Waals surface area contributed by atoms with Crippen molar-refractivity contribution >= 4 is 21.7 Å². The number of aromatic nitrogens is 4. The van der Waals surface area contributed by atoms with E-state index in [9.17, 15) is 0 Å². The van der Waals surface area contributed by atoms with Gasteiger partial charge in [0, 0.05) is 39.7 Å². The predicted molar refractivity (Wildman–Crippen MR) is 231 cm³/mol. The number of rotatable bonds is 7. The average Bonchev–Trinajstić information content (AvgIpc) is 3.29. The lowest BCUT2D eigenvalue weighted by molar-refractivity contribution is 1.22. The van der Waals surface area contributed by atoms with Gasteiger partial charge in [0.2, 0.25) is 0 Å². The Bertz CT molecular complexity index is 2930. The van der Waals surface area contributed by atoms with Crippen molar-refractivity contribution in [1.29, 1.82) is 0 Å². The number of pyridine rings is 4. The van der Waals surface area contributed by atoms with Crippen LogP contribution in [-0.4, -0.2) is 19.9 Å². The molecule has 0 atom stereocenters. The third kappa shape index (κ3) is 6.19. The molecule has 0 bridgehead atoms. The van der Waals surface area contributed by atoms with Crippen LogP contribution in [-0.2, 0) is 0 Å². The zero-order chi connectivity index (χ0) is 37.3. The van der Waals surface area contributed by atoms with Gasteiger partial charge in [0.05, 0.1) is 34.0 Å². The first-order valence-electron chi connectivity index (χ1n) is 18.8. The molecule has 0 fully saturated rings. The number of fused-ring (bicyclic) bond motifs is 3. The minimum atomic E-state index is 0.807. The van der Waals surface area contributed by atoms with Crippen molar-refractivity contribution in [1.82, 2.24) is 19.9 Å². The normalized spacial score (nSPS) is 11.2. The highest BCUT2D eigenvalue weighted by Gasteiger charge is 2.17. The van der Waals surface area contributed by atoms with Gasteiger partial charge in [0.1, 0.15) is 0 Å². The van der Waals surface area contributed by atoms with Gasteiger partial charge in [-0.1, -0.05) is 152 Å². The Morgan fingerprint density at radius 3 is 1.45 bits per heavy atom. The summed E-state index contributed by atoms with van der Waals surface area (Å²) in [7, 11) is 0. The first-order chi connectivity index (χ1) is 27.8. The summed E-state index contributed by atoms with van der Waals surface area (Å²) < 4.78 is 0. The molecule has 0 spiro atoms. The molecule has 0 aliphatic heterocycles. The molecular weight excluding hydrogens is 681 g/mol. The van der Waals surface area contributed by atoms with E-state index < -0.39 is 0 Å². The standard InChI is InChI=1S/C52H34N4/c1-3-14-36(15-4-1)42-20-12-22-44-50(42)45-23-13-21-43(52(45)56-51(44)38-16-5-2-6-17-38)37-28-26-35(27-29-37)39-18-11-19-40(32-39)41-33-48(46-24-7-9-30-53-46)55-49(34-41)47-25-8-10-31-54-47/h1-34H. The zero-order valence-electron chi connectivity index (χ0n) is 30.4. The van der Waals surface area contributed by atoms with Crippen molar-refractivity contribution < 1.29 is 0 Å². The van der Waals surface area contributed by atoms with Gasteiger partial charge >= 0.3 is 0 Å². The van der Waals surface area contributed by atoms with E-state index in [0.29, 0.717) is 0 Å². The van der Waals surface area contributed by atoms with Gasteiger partial charge in [0.15, 0.2) is 0 Å². The summed E-state index contributed by atoms with van der Waals surface area (Å²) in [4.78, 5) is 19.6. The topological polar surface area (TPSA) is 51.6 Å². The van der Waals surface area contributed by atoms with Gasteiger partial charge in [-0.05, 0) is 81.4 Å². The Balaban J connectivity index is 1.07. The SMILES string of the molecule is c1ccc(-c2nc3c(-c4ccc(-c5cccc(-c6cc(-c7ccccn7)nc(-c7ccccn7)c6)c5)cc4)cccc3c3c(-c4ccccc4)cccc23)cc1. The minimum absolute atomic E-state index is 0.807. The zero-order valence-corrected chi connectivity index (χ0v) is 30.4. The fraction of sp³-hybridized carbons (Fsp3) is 0. The largest absolute Gasteiger partial charge is 0.255 e. The molecular formula is C52H34N4. The maximum Gasteiger partial charge on any atom is 0.0900 e. The molecule has 4 heterocycles. The number of hydrogen-bond donors (Lipinski definition) is 0. The van der Waals surface area contributed by atoms with E-state index in [1.807, 2.05) is 36.4 Å². The van der Waals surface area contributed by atoms with Gasteiger partial charge in [-0.2, -0.15) is 0 Å². The molecule has 0 N–H and O–H groups in total. The van der Waals surface area contributed by atoms with Crippen LogP contribution in [0.2, 0.25) is 0 Å². The van der Waals surface area contributed by atoms with Crippen LogP contribution in [0.25, 0.3) is 100 Å². The molecule has 262 valence electrons. The smallest absolute Gasteiger partial charge is 0.0900 e. The van der Waals surface area contributed by atoms with Gasteiger partial charge in [-0.15, -0.1) is 0 Å². The molecule has 4 aromatic heterocycles. The molecule has 0 aliphatic carbocycles. The van der Waals surface area contributed by atoms with Crippen molar-refractivity contribution in [2.75, 3.05) is 0 Å². The number of nitrogens with zero attached hydrogens (tertiary/aromatic N) is 4. The third-order valence-corrected chi connectivity index (χ3v) is 10.4. The number of hydrogen-bond acceptors (Lipinski definition) is 4. The Hall–Kier alpha value is -7.56. The molecule has 6 aromatic carbocycles. The van der Waals surface area contributed by atoms with E-state index in [-0.39, 0.29) is 0 Å². The lowest BCUT2D eigenvalue weighted by Gasteiger charge is -2.16. The van der Waals surface area contributed by atoms with Gasteiger partial charge in [0.25, 0.3) is 0 Å². The summed E-state index contributed by atoms with van der Waals surface area (Å²) in [6, 6.07) is 67.9. The maximum atomic E-state index is 5.45. The Labute approximate surface area is 325 Å². The summed E-state index contributed by atoms with van der Waals surface area (Å²) in [6.45, 7) is 0. The fourth-order valence-corrected chi connectivity index (χ4v) is 7.69. The maximum absolute atomic E-state index is 5.45. The first kappa shape index (κ1) is 33.0. The highest BCUT2D eigenvalue weighted by molar-refractivity contribution is 6.19. The van der Waals surface area contributed by atoms with Gasteiger partial charge < -0.3 is 0 Å². The van der Waals surface area contributed by atoms with Gasteiger partial charge in [-0.3, -0.25) is 9.97 Å². The van der Waals surface area contributed by atoms with E-state index in [0.717, 1.165) is 83.7 Å². The monoisotopic (exact) mass is 714 g/mol. The highest BCUT2D eigenvalue weighted by Crippen LogP contribution is 2.41. The van der Waals surface area contributed by atoms with E-state index in [1.165, 1.54) is 16.5 Å². The molecule has 4 heteroatoms. The molecule has 0 radical (unpaired) electrons. The second-order valence-electron chi connectivity index (χ2n) is 13.8. The van der Waals surface area contributed by atoms with Crippen LogP contribution in [0.1, 0.15) is 0 Å². The summed E-state index contributed by atoms with van der Waals surface area (Å²) in [5.41, 5.74) is 15.4. The summed E-state index contributed by atoms with van der Waals surface area (Å²) >= 11 is 0. The Morgan fingerprint density at radius 1 is 0.286 bits per heavy atom. The third-order valence-electron chi connectivity index (χ3n) is 10.4. The quantitative estimate of drug-likeness (QED) is 0.154. The Morgan fingerprint density at radius 2 is 0.804 bits per heavy atom. The molecule has 10 rings (SSSR count). The van der Waals surface area contributed by atoms with Gasteiger partial charge in [-0.25, -0.2) is 9.97 Å². The first-order valence-corrected chi connectivity index (χ1v) is 18.8. The number of para-hydroxylation sites is 1. The van der Waals surface area contributed by atoms with E-state index >= 15 is 0 Å². The molecule has 0 aliphatic rings. The molecule has 4 nitrogen and oxygen atoms in total. The van der Waals surface area contributed by atoms with Crippen molar-refractivity contribution in [3.63, 3.8) is 0 Å². The summed E-state index contributed by atoms with van der Waals surface area (Å²) in [5, 5.41) is 3.50. The molecule has 56 heavy (non-hydrogen) atoms. The van der Waals surface area contributed by atoms with Crippen LogP contribution >= 0.6 is 0 Å². The summed E-state index contributed by atoms with van der Waals surface area (Å²) in [6.07, 6.45) is 3.60. The van der Waals surface area contributed by atoms with E-state index in [1.54, 1.807) is 12.4 Å². The van der Waals surface area contributed by atoms with Crippen LogP contribution in [0.3, 0.4) is 0 Å². The fourth-order valence-electron chi connectivity index (χ4n) is 7.69. The van der Waals surface area contributed by atoms with E-state index in [4.69, 9.17) is 9.97 Å². The molecule has 0 unspecified atom stereocenters. The predicted octanol–water partition coefficient (Wildman–Crippen LogP) is 13.2. The second-order valence-corrected chi connectivity index (χ2v) is 13.8. The van der Waals surface area contributed by atoms with Crippen LogP contribution in [0.15, 0.2) is 207 Å². The highest BCUT2D eigenvalue weighted by atomic mass is 14.8. The van der Waals surface area contributed by atoms with Crippen molar-refractivity contribution in [3.05, 3.63) is 207 Å². The van der Waals surface area contributed by atoms with Crippen LogP contribution in [0, 0.1) is 0 Å². The Kier molecular flexibility index (Phi) is 8.47. The van der Waals surface area contributed by atoms with E-state index in [2.05, 4.69) is 168 Å². The lowest BCUT2D eigenvalue weighted by atomic mass is 9.91. The minimum Gasteiger partial charge on any atom is -0.255 e. The van der Waals surface area contributed by atoms with Crippen molar-refractivity contribution in [2.24, 2.45) is 0 Å². The molecule has 0 saturated carbocycles. The molecule has 10 aromatic rings. The number of benzene rings is 6. The average molecular weight is 715 g/mol. The van der Waals surface area contributed by atoms with Crippen molar-refractivity contribution in [3.8, 4) is 78.5 Å². The molecule has 0 saturated heterocycles. The molecule has 0 amide bonds. The summed E-state index contributed by atoms with van der Waals surface area (Å²) in [5.74, 6) is 0.